The molecule has 3 N–H and O–H groups in total. The number of hydrogen-bond acceptors (Lipinski definition) is 3. The second kappa shape index (κ2) is 2.79. The van der Waals surface area contributed by atoms with Crippen molar-refractivity contribution in [1.29, 1.82) is 0 Å². The molecular weight excluding hydrogens is 154 g/mol. The van der Waals surface area contributed by atoms with Gasteiger partial charge >= 0.3 is 0 Å². The van der Waals surface area contributed by atoms with Crippen molar-refractivity contribution in [1.82, 2.24) is 10.2 Å². The summed E-state index contributed by atoms with van der Waals surface area (Å²) in [6, 6.07) is 1.88. The number of aromatic nitrogens is 2. The van der Waals surface area contributed by atoms with Crippen molar-refractivity contribution in [3.63, 3.8) is 0 Å². The number of H-pyrrole nitrogens is 1. The lowest BCUT2D eigenvalue weighted by molar-refractivity contribution is 0.118. The van der Waals surface area contributed by atoms with Crippen molar-refractivity contribution in [3.05, 3.63) is 11.8 Å². The maximum absolute atomic E-state index is 5.51. The minimum atomic E-state index is 0.282. The zero-order valence-electron chi connectivity index (χ0n) is 7.08. The lowest BCUT2D eigenvalue weighted by Gasteiger charge is -2.10. The first kappa shape index (κ1) is 7.61. The van der Waals surface area contributed by atoms with Crippen LogP contribution in [-0.4, -0.2) is 22.9 Å². The fourth-order valence-electron chi connectivity index (χ4n) is 1.68. The van der Waals surface area contributed by atoms with Crippen LogP contribution in [0.1, 0.15) is 25.0 Å². The standard InChI is InChI=1S/C8H13N3O/c1-5-6(2-3-12-5)7-4-8(9)11-10-7/h4-6H,2-3H2,1H3,(H3,9,10,11). The average molecular weight is 167 g/mol. The molecule has 4 heteroatoms. The molecule has 2 atom stereocenters. The largest absolute Gasteiger partial charge is 0.382 e. The predicted octanol–water partition coefficient (Wildman–Crippen LogP) is 0.884. The summed E-state index contributed by atoms with van der Waals surface area (Å²) >= 11 is 0. The minimum absolute atomic E-state index is 0.282. The zero-order chi connectivity index (χ0) is 8.55. The fourth-order valence-corrected chi connectivity index (χ4v) is 1.68. The normalized spacial score (nSPS) is 29.4. The molecule has 1 aliphatic heterocycles. The smallest absolute Gasteiger partial charge is 0.145 e. The van der Waals surface area contributed by atoms with E-state index in [1.807, 2.05) is 6.07 Å². The van der Waals surface area contributed by atoms with Gasteiger partial charge in [-0.05, 0) is 13.3 Å². The van der Waals surface area contributed by atoms with E-state index in [9.17, 15) is 0 Å². The third-order valence-electron chi connectivity index (χ3n) is 2.39. The highest BCUT2D eigenvalue weighted by Crippen LogP contribution is 2.30. The third kappa shape index (κ3) is 1.18. The number of nitrogens with two attached hydrogens (primary N) is 1. The van der Waals surface area contributed by atoms with Crippen molar-refractivity contribution >= 4 is 5.82 Å². The van der Waals surface area contributed by atoms with E-state index < -0.39 is 0 Å². The monoisotopic (exact) mass is 167 g/mol. The third-order valence-corrected chi connectivity index (χ3v) is 2.39. The van der Waals surface area contributed by atoms with Crippen LogP contribution in [0.15, 0.2) is 6.07 Å². The van der Waals surface area contributed by atoms with Gasteiger partial charge in [0.05, 0.1) is 6.10 Å². The van der Waals surface area contributed by atoms with Crippen LogP contribution in [0.4, 0.5) is 5.82 Å². The van der Waals surface area contributed by atoms with E-state index in [-0.39, 0.29) is 6.10 Å². The molecule has 1 aromatic rings. The molecule has 0 spiro atoms. The molecule has 1 aliphatic rings. The van der Waals surface area contributed by atoms with E-state index in [2.05, 4.69) is 17.1 Å². The van der Waals surface area contributed by atoms with Gasteiger partial charge in [0.25, 0.3) is 0 Å². The molecule has 66 valence electrons. The van der Waals surface area contributed by atoms with Crippen molar-refractivity contribution in [2.24, 2.45) is 0 Å². The van der Waals surface area contributed by atoms with Gasteiger partial charge < -0.3 is 10.5 Å². The Morgan fingerprint density at radius 2 is 2.58 bits per heavy atom. The van der Waals surface area contributed by atoms with E-state index in [1.54, 1.807) is 0 Å². The Kier molecular flexibility index (Phi) is 1.77. The predicted molar refractivity (Wildman–Crippen MR) is 45.8 cm³/mol. The summed E-state index contributed by atoms with van der Waals surface area (Å²) < 4.78 is 5.44. The second-order valence-corrected chi connectivity index (χ2v) is 3.22. The molecule has 0 aromatic carbocycles. The number of aromatic amines is 1. The van der Waals surface area contributed by atoms with Gasteiger partial charge in [0, 0.05) is 24.3 Å². The van der Waals surface area contributed by atoms with Crippen molar-refractivity contribution < 1.29 is 4.74 Å². The molecule has 0 saturated carbocycles. The number of nitrogen functional groups attached to an aromatic ring is 1. The molecule has 12 heavy (non-hydrogen) atoms. The molecule has 0 bridgehead atoms. The molecule has 2 rings (SSSR count). The molecule has 1 saturated heterocycles. The van der Waals surface area contributed by atoms with Crippen LogP contribution in [0.2, 0.25) is 0 Å². The van der Waals surface area contributed by atoms with E-state index in [1.165, 1.54) is 0 Å². The summed E-state index contributed by atoms with van der Waals surface area (Å²) in [4.78, 5) is 0. The Hall–Kier alpha value is -1.03. The van der Waals surface area contributed by atoms with Crippen LogP contribution < -0.4 is 5.73 Å². The summed E-state index contributed by atoms with van der Waals surface area (Å²) in [5.74, 6) is 0.999. The Morgan fingerprint density at radius 3 is 3.08 bits per heavy atom. The van der Waals surface area contributed by atoms with Gasteiger partial charge in [0.2, 0.25) is 0 Å². The number of anilines is 1. The van der Waals surface area contributed by atoms with Gasteiger partial charge in [0.15, 0.2) is 0 Å². The van der Waals surface area contributed by atoms with E-state index in [4.69, 9.17) is 10.5 Å². The number of nitrogens with one attached hydrogen (secondary N) is 1. The van der Waals surface area contributed by atoms with Gasteiger partial charge in [-0.1, -0.05) is 0 Å². The van der Waals surface area contributed by atoms with Gasteiger partial charge in [-0.25, -0.2) is 0 Å². The summed E-state index contributed by atoms with van der Waals surface area (Å²) in [6.07, 6.45) is 1.34. The molecule has 0 amide bonds. The molecule has 2 heterocycles. The van der Waals surface area contributed by atoms with Gasteiger partial charge in [-0.15, -0.1) is 0 Å². The number of ether oxygens (including phenoxy) is 1. The number of rotatable bonds is 1. The van der Waals surface area contributed by atoms with Gasteiger partial charge in [-0.3, -0.25) is 5.10 Å². The lowest BCUT2D eigenvalue weighted by atomic mass is 9.99. The number of hydrogen-bond donors (Lipinski definition) is 2. The maximum Gasteiger partial charge on any atom is 0.145 e. The SMILES string of the molecule is CC1OCCC1c1cc(N)n[nH]1. The molecule has 2 unspecified atom stereocenters. The molecule has 1 fully saturated rings. The van der Waals surface area contributed by atoms with E-state index in [0.29, 0.717) is 11.7 Å². The summed E-state index contributed by atoms with van der Waals surface area (Å²) in [5.41, 5.74) is 6.60. The van der Waals surface area contributed by atoms with E-state index >= 15 is 0 Å². The average Bonchev–Trinajstić information content (AvgIpc) is 2.58. The highest BCUT2D eigenvalue weighted by atomic mass is 16.5. The molecule has 4 nitrogen and oxygen atoms in total. The summed E-state index contributed by atoms with van der Waals surface area (Å²) in [7, 11) is 0. The number of nitrogens with zero attached hydrogens (tertiary/aromatic N) is 1. The Bertz CT molecular complexity index is 271. The Balaban J connectivity index is 2.19. The highest BCUT2D eigenvalue weighted by Gasteiger charge is 2.26. The van der Waals surface area contributed by atoms with Crippen molar-refractivity contribution in [3.8, 4) is 0 Å². The molecular formula is C8H13N3O. The van der Waals surface area contributed by atoms with Crippen LogP contribution in [0.3, 0.4) is 0 Å². The minimum Gasteiger partial charge on any atom is -0.382 e. The summed E-state index contributed by atoms with van der Waals surface area (Å²) in [5, 5.41) is 6.82. The van der Waals surface area contributed by atoms with Crippen LogP contribution >= 0.6 is 0 Å². The quantitative estimate of drug-likeness (QED) is 0.652. The van der Waals surface area contributed by atoms with E-state index in [0.717, 1.165) is 18.7 Å². The van der Waals surface area contributed by atoms with Crippen molar-refractivity contribution in [2.75, 3.05) is 12.3 Å². The maximum atomic E-state index is 5.51. The van der Waals surface area contributed by atoms with Crippen LogP contribution in [0.5, 0.6) is 0 Å². The molecule has 0 aliphatic carbocycles. The first-order valence-corrected chi connectivity index (χ1v) is 4.20. The van der Waals surface area contributed by atoms with Crippen molar-refractivity contribution in [2.45, 2.75) is 25.4 Å². The first-order valence-electron chi connectivity index (χ1n) is 4.20. The highest BCUT2D eigenvalue weighted by molar-refractivity contribution is 5.30. The van der Waals surface area contributed by atoms with Gasteiger partial charge in [0.1, 0.15) is 5.82 Å². The fraction of sp³-hybridized carbons (Fsp3) is 0.625. The topological polar surface area (TPSA) is 63.9 Å². The first-order chi connectivity index (χ1) is 5.77. The van der Waals surface area contributed by atoms with Crippen LogP contribution in [0, 0.1) is 0 Å². The van der Waals surface area contributed by atoms with Crippen LogP contribution in [0.25, 0.3) is 0 Å². The van der Waals surface area contributed by atoms with Gasteiger partial charge in [-0.2, -0.15) is 5.10 Å². The lowest BCUT2D eigenvalue weighted by Crippen LogP contribution is -2.09. The summed E-state index contributed by atoms with van der Waals surface area (Å²) in [6.45, 7) is 2.92. The Morgan fingerprint density at radius 1 is 1.75 bits per heavy atom. The zero-order valence-corrected chi connectivity index (χ0v) is 7.08. The molecule has 0 radical (unpaired) electrons. The van der Waals surface area contributed by atoms with Crippen LogP contribution in [-0.2, 0) is 4.74 Å². The Labute approximate surface area is 71.1 Å². The molecule has 1 aromatic heterocycles. The second-order valence-electron chi connectivity index (χ2n) is 3.22.